The number of likely N-dealkylation sites (tertiary alicyclic amines) is 1. The SMILES string of the molecule is Fc1cc(N2C[C@@H]3C[C@H]2CN3C2CCC2)cc(F)c1-c1ccnc2c(-c3cccc4[nH]ncc34)c(-c3ccncc3)nn12. The molecule has 6 heterocycles. The Kier molecular flexibility index (Phi) is 5.44. The molecule has 4 aromatic heterocycles. The summed E-state index contributed by atoms with van der Waals surface area (Å²) >= 11 is 0. The lowest BCUT2D eigenvalue weighted by molar-refractivity contribution is 0.106. The number of halogens is 2. The van der Waals surface area contributed by atoms with Crippen LogP contribution in [0.2, 0.25) is 0 Å². The van der Waals surface area contributed by atoms with E-state index in [0.717, 1.165) is 47.1 Å². The Morgan fingerprint density at radius 1 is 0.860 bits per heavy atom. The van der Waals surface area contributed by atoms with Gasteiger partial charge < -0.3 is 4.90 Å². The number of nitrogens with one attached hydrogen (secondary N) is 1. The molecule has 2 aliphatic heterocycles. The predicted molar refractivity (Wildman–Crippen MR) is 161 cm³/mol. The highest BCUT2D eigenvalue weighted by Gasteiger charge is 2.46. The Balaban J connectivity index is 1.17. The molecule has 0 spiro atoms. The Labute approximate surface area is 246 Å². The van der Waals surface area contributed by atoms with Crippen LogP contribution in [0, 0.1) is 11.6 Å². The van der Waals surface area contributed by atoms with Crippen molar-refractivity contribution in [1.29, 1.82) is 0 Å². The lowest BCUT2D eigenvalue weighted by atomic mass is 9.91. The number of hydrogen-bond acceptors (Lipinski definition) is 6. The lowest BCUT2D eigenvalue weighted by Crippen LogP contribution is -2.52. The molecule has 8 nitrogen and oxygen atoms in total. The monoisotopic (exact) mass is 574 g/mol. The van der Waals surface area contributed by atoms with Crippen molar-refractivity contribution >= 4 is 22.2 Å². The highest BCUT2D eigenvalue weighted by atomic mass is 19.1. The van der Waals surface area contributed by atoms with E-state index in [1.54, 1.807) is 35.4 Å². The topological polar surface area (TPSA) is 78.2 Å². The van der Waals surface area contributed by atoms with Gasteiger partial charge in [0.1, 0.15) is 17.3 Å². The number of pyridine rings is 1. The van der Waals surface area contributed by atoms with Crippen molar-refractivity contribution in [2.24, 2.45) is 0 Å². The number of anilines is 1. The molecule has 1 saturated carbocycles. The number of nitrogens with zero attached hydrogens (tertiary/aromatic N) is 7. The number of H-pyrrole nitrogens is 1. The molecule has 0 unspecified atom stereocenters. The van der Waals surface area contributed by atoms with Gasteiger partial charge in [-0.3, -0.25) is 15.0 Å². The molecule has 0 amide bonds. The Morgan fingerprint density at radius 2 is 1.70 bits per heavy atom. The van der Waals surface area contributed by atoms with Crippen LogP contribution in [0.25, 0.3) is 50.2 Å². The van der Waals surface area contributed by atoms with Crippen molar-refractivity contribution in [2.45, 2.75) is 43.8 Å². The van der Waals surface area contributed by atoms with Crippen molar-refractivity contribution in [3.8, 4) is 33.6 Å². The Bertz CT molecular complexity index is 1990. The van der Waals surface area contributed by atoms with E-state index in [1.165, 1.54) is 31.4 Å². The minimum Gasteiger partial charge on any atom is -0.365 e. The van der Waals surface area contributed by atoms with Crippen LogP contribution in [-0.2, 0) is 0 Å². The van der Waals surface area contributed by atoms with E-state index in [4.69, 9.17) is 5.10 Å². The first kappa shape index (κ1) is 24.9. The van der Waals surface area contributed by atoms with E-state index in [0.29, 0.717) is 40.8 Å². The standard InChI is InChI=1S/C33H28F2N8/c34-26-14-21(42-18-22-13-23(42)17-41(22)20-3-1-4-20)15-27(35)31(26)29-9-12-37-33-30(24-5-2-6-28-25(24)16-38-39-28)32(40-43(29)33)19-7-10-36-11-8-19/h2,5-12,14-16,20,22-23H,1,3-4,13,17-18H2,(H,38,39)/t22-,23-/m0/s1. The molecule has 214 valence electrons. The highest BCUT2D eigenvalue weighted by molar-refractivity contribution is 6.02. The minimum absolute atomic E-state index is 0.117. The maximum Gasteiger partial charge on any atom is 0.164 e. The maximum atomic E-state index is 16.0. The number of hydrogen-bond donors (Lipinski definition) is 1. The second-order valence-electron chi connectivity index (χ2n) is 11.9. The van der Waals surface area contributed by atoms with Crippen molar-refractivity contribution < 1.29 is 8.78 Å². The number of piperazine rings is 1. The van der Waals surface area contributed by atoms with E-state index in [1.807, 2.05) is 30.3 Å². The molecule has 9 rings (SSSR count). The first-order valence-corrected chi connectivity index (χ1v) is 14.9. The van der Waals surface area contributed by atoms with Gasteiger partial charge in [0.15, 0.2) is 5.65 Å². The fourth-order valence-corrected chi connectivity index (χ4v) is 7.43. The van der Waals surface area contributed by atoms with Crippen LogP contribution in [-0.4, -0.2) is 65.9 Å². The van der Waals surface area contributed by atoms with Gasteiger partial charge in [0.25, 0.3) is 0 Å². The summed E-state index contributed by atoms with van der Waals surface area (Å²) in [5.74, 6) is -1.22. The van der Waals surface area contributed by atoms with Gasteiger partial charge in [0, 0.05) is 66.4 Å². The third-order valence-electron chi connectivity index (χ3n) is 9.67. The second-order valence-corrected chi connectivity index (χ2v) is 11.9. The van der Waals surface area contributed by atoms with Gasteiger partial charge >= 0.3 is 0 Å². The van der Waals surface area contributed by atoms with Gasteiger partial charge in [-0.1, -0.05) is 18.6 Å². The number of fused-ring (bicyclic) bond motifs is 4. The molecule has 2 atom stereocenters. The number of benzene rings is 2. The summed E-state index contributed by atoms with van der Waals surface area (Å²) in [5, 5.41) is 13.1. The molecule has 2 saturated heterocycles. The minimum atomic E-state index is -0.611. The normalized spacial score (nSPS) is 20.5. The molecular formula is C33H28F2N8. The zero-order chi connectivity index (χ0) is 28.7. The molecule has 3 aliphatic rings. The van der Waals surface area contributed by atoms with Gasteiger partial charge in [0.05, 0.1) is 28.5 Å². The van der Waals surface area contributed by atoms with E-state index in [9.17, 15) is 0 Å². The van der Waals surface area contributed by atoms with Crippen LogP contribution < -0.4 is 4.90 Å². The molecule has 3 fully saturated rings. The van der Waals surface area contributed by atoms with Crippen molar-refractivity contribution in [1.82, 2.24) is 34.7 Å². The summed E-state index contributed by atoms with van der Waals surface area (Å²) in [4.78, 5) is 13.7. The van der Waals surface area contributed by atoms with Crippen LogP contribution in [0.4, 0.5) is 14.5 Å². The fraction of sp³-hybridized carbons (Fsp3) is 0.273. The molecule has 10 heteroatoms. The number of aromatic amines is 1. The fourth-order valence-electron chi connectivity index (χ4n) is 7.43. The molecule has 2 bridgehead atoms. The third-order valence-corrected chi connectivity index (χ3v) is 9.67. The number of rotatable bonds is 5. The van der Waals surface area contributed by atoms with Crippen LogP contribution in [0.3, 0.4) is 0 Å². The smallest absolute Gasteiger partial charge is 0.164 e. The first-order valence-electron chi connectivity index (χ1n) is 14.9. The lowest BCUT2D eigenvalue weighted by Gasteiger charge is -2.43. The van der Waals surface area contributed by atoms with E-state index >= 15 is 8.78 Å². The quantitative estimate of drug-likeness (QED) is 0.268. The summed E-state index contributed by atoms with van der Waals surface area (Å²) < 4.78 is 33.7. The van der Waals surface area contributed by atoms with E-state index in [2.05, 4.69) is 30.0 Å². The highest BCUT2D eigenvalue weighted by Crippen LogP contribution is 2.42. The number of aromatic nitrogens is 6. The molecule has 43 heavy (non-hydrogen) atoms. The van der Waals surface area contributed by atoms with E-state index in [-0.39, 0.29) is 5.56 Å². The zero-order valence-electron chi connectivity index (χ0n) is 23.3. The average molecular weight is 575 g/mol. The molecule has 6 aromatic rings. The van der Waals surface area contributed by atoms with Gasteiger partial charge in [-0.25, -0.2) is 18.3 Å². The van der Waals surface area contributed by atoms with Crippen LogP contribution in [0.15, 0.2) is 73.3 Å². The first-order chi connectivity index (χ1) is 21.1. The third kappa shape index (κ3) is 3.75. The van der Waals surface area contributed by atoms with Crippen molar-refractivity contribution in [3.05, 3.63) is 85.0 Å². The zero-order valence-corrected chi connectivity index (χ0v) is 23.3. The van der Waals surface area contributed by atoms with Gasteiger partial charge in [0.2, 0.25) is 0 Å². The summed E-state index contributed by atoms with van der Waals surface area (Å²) in [6, 6.07) is 15.7. The van der Waals surface area contributed by atoms with Gasteiger partial charge in [-0.2, -0.15) is 10.2 Å². The van der Waals surface area contributed by atoms with Gasteiger partial charge in [-0.05, 0) is 61.2 Å². The van der Waals surface area contributed by atoms with Crippen LogP contribution >= 0.6 is 0 Å². The van der Waals surface area contributed by atoms with Crippen LogP contribution in [0.1, 0.15) is 25.7 Å². The molecular weight excluding hydrogens is 546 g/mol. The molecule has 0 radical (unpaired) electrons. The molecule has 2 aromatic carbocycles. The van der Waals surface area contributed by atoms with Crippen LogP contribution in [0.5, 0.6) is 0 Å². The summed E-state index contributed by atoms with van der Waals surface area (Å²) in [6.07, 6.45) is 11.7. The second kappa shape index (κ2) is 9.40. The maximum absolute atomic E-state index is 16.0. The summed E-state index contributed by atoms with van der Waals surface area (Å²) in [5.41, 5.74) is 5.23. The molecule has 1 N–H and O–H groups in total. The average Bonchev–Trinajstić information content (AvgIpc) is 3.79. The van der Waals surface area contributed by atoms with E-state index < -0.39 is 11.6 Å². The van der Waals surface area contributed by atoms with Crippen molar-refractivity contribution in [2.75, 3.05) is 18.0 Å². The van der Waals surface area contributed by atoms with Crippen molar-refractivity contribution in [3.63, 3.8) is 0 Å². The Hall–Kier alpha value is -4.70. The van der Waals surface area contributed by atoms with Gasteiger partial charge in [-0.15, -0.1) is 0 Å². The summed E-state index contributed by atoms with van der Waals surface area (Å²) in [6.45, 7) is 1.79. The Morgan fingerprint density at radius 3 is 2.44 bits per heavy atom. The predicted octanol–water partition coefficient (Wildman–Crippen LogP) is 6.10. The summed E-state index contributed by atoms with van der Waals surface area (Å²) in [7, 11) is 0. The largest absolute Gasteiger partial charge is 0.365 e. The molecule has 1 aliphatic carbocycles.